The van der Waals surface area contributed by atoms with Crippen molar-refractivity contribution in [1.82, 2.24) is 10.2 Å². The number of piperidine rings is 1. The highest BCUT2D eigenvalue weighted by molar-refractivity contribution is 6.30. The van der Waals surface area contributed by atoms with Gasteiger partial charge in [-0.1, -0.05) is 24.6 Å². The van der Waals surface area contributed by atoms with Gasteiger partial charge in [-0.15, -0.1) is 0 Å². The molecule has 5 nitrogen and oxygen atoms in total. The van der Waals surface area contributed by atoms with Crippen LogP contribution in [0.2, 0.25) is 5.02 Å². The first kappa shape index (κ1) is 17.5. The van der Waals surface area contributed by atoms with Crippen LogP contribution in [-0.4, -0.2) is 37.1 Å². The van der Waals surface area contributed by atoms with Gasteiger partial charge in [0.25, 0.3) is 0 Å². The molecule has 2 rings (SSSR count). The molecule has 0 bridgehead atoms. The number of esters is 1. The molecule has 0 aromatic heterocycles. The van der Waals surface area contributed by atoms with E-state index in [9.17, 15) is 14.0 Å². The summed E-state index contributed by atoms with van der Waals surface area (Å²) in [6.45, 7) is 3.20. The molecule has 2 amide bonds. The first-order valence-electron chi connectivity index (χ1n) is 7.47. The fraction of sp³-hybridized carbons (Fsp3) is 0.500. The number of likely N-dealkylation sites (tertiary alicyclic amines) is 1. The summed E-state index contributed by atoms with van der Waals surface area (Å²) < 4.78 is 17.9. The molecule has 1 aliphatic rings. The quantitative estimate of drug-likeness (QED) is 0.859. The molecule has 23 heavy (non-hydrogen) atoms. The van der Waals surface area contributed by atoms with Gasteiger partial charge in [0.05, 0.1) is 18.1 Å². The van der Waals surface area contributed by atoms with Crippen LogP contribution in [0.15, 0.2) is 18.2 Å². The van der Waals surface area contributed by atoms with E-state index in [0.29, 0.717) is 19.5 Å². The number of urea groups is 1. The van der Waals surface area contributed by atoms with Gasteiger partial charge in [-0.2, -0.15) is 0 Å². The van der Waals surface area contributed by atoms with Crippen LogP contribution in [0.25, 0.3) is 0 Å². The third-order valence-corrected chi connectivity index (χ3v) is 4.41. The summed E-state index contributed by atoms with van der Waals surface area (Å²) in [5.41, 5.74) is 0.724. The van der Waals surface area contributed by atoms with E-state index in [-0.39, 0.29) is 35.4 Å². The number of ether oxygens (including phenoxy) is 1. The van der Waals surface area contributed by atoms with Gasteiger partial charge >= 0.3 is 12.0 Å². The summed E-state index contributed by atoms with van der Waals surface area (Å²) in [5.74, 6) is -0.832. The van der Waals surface area contributed by atoms with Gasteiger partial charge in [0, 0.05) is 19.6 Å². The predicted octanol–water partition coefficient (Wildman–Crippen LogP) is 2.82. The number of hydrogen-bond acceptors (Lipinski definition) is 3. The van der Waals surface area contributed by atoms with Gasteiger partial charge in [0.15, 0.2) is 0 Å². The Morgan fingerprint density at radius 2 is 2.22 bits per heavy atom. The lowest BCUT2D eigenvalue weighted by molar-refractivity contribution is -0.148. The molecule has 1 fully saturated rings. The standard InChI is InChI=1S/C16H20ClFN2O3/c1-10-9-20(6-5-12(10)15(21)23-2)16(22)19-8-11-3-4-14(18)13(17)7-11/h3-4,7,10,12H,5-6,8-9H2,1-2H3,(H,19,22). The Hall–Kier alpha value is -1.82. The molecule has 1 saturated heterocycles. The summed E-state index contributed by atoms with van der Waals surface area (Å²) in [6.07, 6.45) is 0.587. The number of methoxy groups -OCH3 is 1. The van der Waals surface area contributed by atoms with Crippen LogP contribution in [0.1, 0.15) is 18.9 Å². The Morgan fingerprint density at radius 3 is 2.83 bits per heavy atom. The number of hydrogen-bond donors (Lipinski definition) is 1. The SMILES string of the molecule is COC(=O)C1CCN(C(=O)NCc2ccc(F)c(Cl)c2)CC1C. The van der Waals surface area contributed by atoms with Crippen molar-refractivity contribution in [2.45, 2.75) is 19.9 Å². The average Bonchev–Trinajstić information content (AvgIpc) is 2.54. The minimum atomic E-state index is -0.486. The van der Waals surface area contributed by atoms with Gasteiger partial charge < -0.3 is 15.0 Å². The van der Waals surface area contributed by atoms with Crippen molar-refractivity contribution in [2.75, 3.05) is 20.2 Å². The Morgan fingerprint density at radius 1 is 1.48 bits per heavy atom. The number of halogens is 2. The summed E-state index contributed by atoms with van der Waals surface area (Å²) in [6, 6.07) is 4.13. The number of nitrogens with zero attached hydrogens (tertiary/aromatic N) is 1. The first-order valence-corrected chi connectivity index (χ1v) is 7.84. The van der Waals surface area contributed by atoms with E-state index in [0.717, 1.165) is 5.56 Å². The fourth-order valence-corrected chi connectivity index (χ4v) is 2.97. The molecule has 1 N–H and O–H groups in total. The summed E-state index contributed by atoms with van der Waals surface area (Å²) in [7, 11) is 1.38. The molecule has 0 saturated carbocycles. The van der Waals surface area contributed by atoms with E-state index in [1.165, 1.54) is 19.2 Å². The molecule has 1 aromatic carbocycles. The zero-order chi connectivity index (χ0) is 17.0. The smallest absolute Gasteiger partial charge is 0.317 e. The highest BCUT2D eigenvalue weighted by Crippen LogP contribution is 2.24. The van der Waals surface area contributed by atoms with Crippen LogP contribution < -0.4 is 5.32 Å². The molecule has 2 atom stereocenters. The Balaban J connectivity index is 1.87. The van der Waals surface area contributed by atoms with E-state index >= 15 is 0 Å². The van der Waals surface area contributed by atoms with Crippen molar-refractivity contribution >= 4 is 23.6 Å². The molecule has 0 radical (unpaired) electrons. The zero-order valence-corrected chi connectivity index (χ0v) is 13.9. The normalized spacial score (nSPS) is 21.0. The molecule has 7 heteroatoms. The van der Waals surface area contributed by atoms with Crippen molar-refractivity contribution in [2.24, 2.45) is 11.8 Å². The molecule has 1 aliphatic heterocycles. The lowest BCUT2D eigenvalue weighted by atomic mass is 9.87. The summed E-state index contributed by atoms with van der Waals surface area (Å²) >= 11 is 5.71. The van der Waals surface area contributed by atoms with Crippen molar-refractivity contribution in [3.05, 3.63) is 34.6 Å². The molecular formula is C16H20ClFN2O3. The van der Waals surface area contributed by atoms with Crippen LogP contribution >= 0.6 is 11.6 Å². The van der Waals surface area contributed by atoms with Gasteiger partial charge in [-0.3, -0.25) is 4.79 Å². The van der Waals surface area contributed by atoms with Crippen LogP contribution in [0.5, 0.6) is 0 Å². The Kier molecular flexibility index (Phi) is 5.82. The maximum atomic E-state index is 13.1. The Labute approximate surface area is 139 Å². The molecular weight excluding hydrogens is 323 g/mol. The van der Waals surface area contributed by atoms with E-state index in [1.54, 1.807) is 11.0 Å². The van der Waals surface area contributed by atoms with E-state index in [1.807, 2.05) is 6.92 Å². The highest BCUT2D eigenvalue weighted by Gasteiger charge is 2.33. The van der Waals surface area contributed by atoms with Gasteiger partial charge in [-0.25, -0.2) is 9.18 Å². The largest absolute Gasteiger partial charge is 0.469 e. The van der Waals surface area contributed by atoms with Crippen LogP contribution in [0.4, 0.5) is 9.18 Å². The number of carbonyl (C=O) groups is 2. The minimum absolute atomic E-state index is 0.0317. The third kappa shape index (κ3) is 4.34. The lowest BCUT2D eigenvalue weighted by Crippen LogP contribution is -2.48. The molecule has 2 unspecified atom stereocenters. The second-order valence-electron chi connectivity index (χ2n) is 5.75. The monoisotopic (exact) mass is 342 g/mol. The number of amides is 2. The number of rotatable bonds is 3. The summed E-state index contributed by atoms with van der Waals surface area (Å²) in [4.78, 5) is 25.5. The maximum Gasteiger partial charge on any atom is 0.317 e. The average molecular weight is 343 g/mol. The molecule has 0 spiro atoms. The molecule has 1 heterocycles. The van der Waals surface area contributed by atoms with Crippen LogP contribution in [0.3, 0.4) is 0 Å². The predicted molar refractivity (Wildman–Crippen MR) is 84.5 cm³/mol. The van der Waals surface area contributed by atoms with Crippen LogP contribution in [-0.2, 0) is 16.1 Å². The lowest BCUT2D eigenvalue weighted by Gasteiger charge is -2.35. The highest BCUT2D eigenvalue weighted by atomic mass is 35.5. The van der Waals surface area contributed by atoms with Gasteiger partial charge in [-0.05, 0) is 30.0 Å². The molecule has 126 valence electrons. The molecule has 1 aromatic rings. The topological polar surface area (TPSA) is 58.6 Å². The number of benzene rings is 1. The second kappa shape index (κ2) is 7.64. The van der Waals surface area contributed by atoms with Crippen molar-refractivity contribution in [3.63, 3.8) is 0 Å². The van der Waals surface area contributed by atoms with Crippen LogP contribution in [0, 0.1) is 17.7 Å². The zero-order valence-electron chi connectivity index (χ0n) is 13.1. The summed E-state index contributed by atoms with van der Waals surface area (Å²) in [5, 5.41) is 2.82. The number of carbonyl (C=O) groups excluding carboxylic acids is 2. The van der Waals surface area contributed by atoms with Crippen molar-refractivity contribution in [3.8, 4) is 0 Å². The third-order valence-electron chi connectivity index (χ3n) is 4.12. The second-order valence-corrected chi connectivity index (χ2v) is 6.16. The molecule has 0 aliphatic carbocycles. The van der Waals surface area contributed by atoms with E-state index in [4.69, 9.17) is 16.3 Å². The van der Waals surface area contributed by atoms with Gasteiger partial charge in [0.2, 0.25) is 0 Å². The van der Waals surface area contributed by atoms with Crippen molar-refractivity contribution in [1.29, 1.82) is 0 Å². The minimum Gasteiger partial charge on any atom is -0.469 e. The fourth-order valence-electron chi connectivity index (χ4n) is 2.77. The number of nitrogens with one attached hydrogen (secondary N) is 1. The van der Waals surface area contributed by atoms with E-state index in [2.05, 4.69) is 5.32 Å². The van der Waals surface area contributed by atoms with E-state index < -0.39 is 5.82 Å². The maximum absolute atomic E-state index is 13.1. The first-order chi connectivity index (χ1) is 10.9. The Bertz CT molecular complexity index is 597. The van der Waals surface area contributed by atoms with Gasteiger partial charge in [0.1, 0.15) is 5.82 Å². The van der Waals surface area contributed by atoms with Crippen molar-refractivity contribution < 1.29 is 18.7 Å².